The molecule has 0 aromatic heterocycles. The van der Waals surface area contributed by atoms with Crippen molar-refractivity contribution >= 4 is 14.8 Å². The fourth-order valence-corrected chi connectivity index (χ4v) is 0.250. The summed E-state index contributed by atoms with van der Waals surface area (Å²) in [5.74, 6) is 0. The molecule has 0 amide bonds. The minimum Gasteiger partial charge on any atom is -0.383 e. The summed E-state index contributed by atoms with van der Waals surface area (Å²) in [5, 5.41) is -0.130. The highest BCUT2D eigenvalue weighted by Crippen LogP contribution is 1.68. The lowest BCUT2D eigenvalue weighted by atomic mass is 10.6. The maximum absolute atomic E-state index is 9.91. The Balaban J connectivity index is 3.23. The lowest BCUT2D eigenvalue weighted by molar-refractivity contribution is -0.112. The Labute approximate surface area is 38.4 Å². The number of rotatable bonds is 2. The third-order valence-corrected chi connectivity index (χ3v) is 1.15. The molecule has 0 bridgehead atoms. The highest BCUT2D eigenvalue weighted by Gasteiger charge is 1.89. The van der Waals surface area contributed by atoms with Crippen molar-refractivity contribution in [2.45, 2.75) is 13.3 Å². The summed E-state index contributed by atoms with van der Waals surface area (Å²) in [4.78, 5) is 9.91. The minimum absolute atomic E-state index is 0.130. The van der Waals surface area contributed by atoms with Gasteiger partial charge in [0, 0.05) is 6.42 Å². The monoisotopic (exact) mass is 102 g/mol. The maximum Gasteiger partial charge on any atom is 0.335 e. The molecule has 34 valence electrons. The number of carbonyl (C=O) groups is 1. The molecule has 0 heterocycles. The van der Waals surface area contributed by atoms with E-state index in [2.05, 4.69) is 0 Å². The fourth-order valence-electron chi connectivity index (χ4n) is 0.0833. The van der Waals surface area contributed by atoms with Gasteiger partial charge in [0.05, 0.1) is 0 Å². The smallest absolute Gasteiger partial charge is 0.335 e. The number of carbonyl (C=O) groups excluding carboxylic acids is 1. The van der Waals surface area contributed by atoms with Crippen molar-refractivity contribution in [1.29, 1.82) is 0 Å². The second kappa shape index (κ2) is 2.90. The van der Waals surface area contributed by atoms with Gasteiger partial charge in [0.15, 0.2) is 5.41 Å². The molecule has 2 nitrogen and oxygen atoms in total. The van der Waals surface area contributed by atoms with Crippen molar-refractivity contribution in [3.05, 3.63) is 0 Å². The van der Waals surface area contributed by atoms with Gasteiger partial charge < -0.3 is 4.46 Å². The molecule has 0 aromatic carbocycles. The Morgan fingerprint density at radius 2 is 2.33 bits per heavy atom. The molecule has 3 heteroatoms. The van der Waals surface area contributed by atoms with Crippen LogP contribution < -0.4 is 0 Å². The molecule has 0 fully saturated rings. The Hall–Kier alpha value is -0.313. The van der Waals surface area contributed by atoms with Crippen LogP contribution >= 0.6 is 0 Å². The van der Waals surface area contributed by atoms with Gasteiger partial charge in [0.1, 0.15) is 0 Å². The second-order valence-electron chi connectivity index (χ2n) is 0.938. The van der Waals surface area contributed by atoms with Crippen LogP contribution in [0.2, 0.25) is 0 Å². The van der Waals surface area contributed by atoms with Gasteiger partial charge in [-0.05, 0) is 0 Å². The van der Waals surface area contributed by atoms with Crippen molar-refractivity contribution < 1.29 is 9.26 Å². The summed E-state index contributed by atoms with van der Waals surface area (Å²) in [6.07, 6.45) is 0.416. The quantitative estimate of drug-likeness (QED) is 0.449. The summed E-state index contributed by atoms with van der Waals surface area (Å²) >= 11 is 0. The van der Waals surface area contributed by atoms with E-state index in [4.69, 9.17) is 0 Å². The SMILES string of the molecule is CCC(=O)[SiH]=O. The lowest BCUT2D eigenvalue weighted by Crippen LogP contribution is -1.95. The molecule has 6 heavy (non-hydrogen) atoms. The Morgan fingerprint density at radius 3 is 2.33 bits per heavy atom. The predicted octanol–water partition coefficient (Wildman–Crippen LogP) is -0.295. The van der Waals surface area contributed by atoms with Crippen LogP contribution in [-0.4, -0.2) is 14.8 Å². The standard InChI is InChI=1S/C3H6O2Si/c1-2-3(4)6-5/h6H,2H2,1H3. The summed E-state index contributed by atoms with van der Waals surface area (Å²) in [6.45, 7) is 1.70. The third-order valence-electron chi connectivity index (χ3n) is 0.480. The molecule has 0 unspecified atom stereocenters. The number of hydrogen-bond donors (Lipinski definition) is 0. The molecule has 0 atom stereocenters. The van der Waals surface area contributed by atoms with Crippen LogP contribution in [0.4, 0.5) is 0 Å². The molecule has 0 aliphatic rings. The molecule has 0 spiro atoms. The largest absolute Gasteiger partial charge is 0.383 e. The highest BCUT2D eigenvalue weighted by atomic mass is 28.2. The molecular weight excluding hydrogens is 96.1 g/mol. The normalized spacial score (nSPS) is 7.50. The van der Waals surface area contributed by atoms with Crippen LogP contribution in [0.5, 0.6) is 0 Å². The van der Waals surface area contributed by atoms with Crippen molar-refractivity contribution in [2.75, 3.05) is 0 Å². The van der Waals surface area contributed by atoms with Gasteiger partial charge in [-0.2, -0.15) is 0 Å². The fraction of sp³-hybridized carbons (Fsp3) is 0.667. The summed E-state index contributed by atoms with van der Waals surface area (Å²) in [7, 11) is -1.15. The van der Waals surface area contributed by atoms with Crippen molar-refractivity contribution in [1.82, 2.24) is 0 Å². The van der Waals surface area contributed by atoms with Gasteiger partial charge in [-0.3, -0.25) is 4.79 Å². The van der Waals surface area contributed by atoms with Crippen molar-refractivity contribution in [3.63, 3.8) is 0 Å². The predicted molar refractivity (Wildman–Crippen MR) is 23.1 cm³/mol. The lowest BCUT2D eigenvalue weighted by Gasteiger charge is -1.70. The Kier molecular flexibility index (Phi) is 2.75. The zero-order valence-corrected chi connectivity index (χ0v) is 4.76. The Bertz CT molecular complexity index is 69.2. The van der Waals surface area contributed by atoms with Crippen LogP contribution in [0.25, 0.3) is 0 Å². The average Bonchev–Trinajstić information content (AvgIpc) is 1.65. The van der Waals surface area contributed by atoms with E-state index in [-0.39, 0.29) is 5.41 Å². The van der Waals surface area contributed by atoms with E-state index in [0.717, 1.165) is 0 Å². The third kappa shape index (κ3) is 1.96. The maximum atomic E-state index is 9.91. The van der Waals surface area contributed by atoms with E-state index in [9.17, 15) is 9.26 Å². The van der Waals surface area contributed by atoms with Crippen LogP contribution in [0.1, 0.15) is 13.3 Å². The average molecular weight is 102 g/mol. The van der Waals surface area contributed by atoms with Crippen LogP contribution in [0.15, 0.2) is 0 Å². The van der Waals surface area contributed by atoms with Crippen molar-refractivity contribution in [3.8, 4) is 0 Å². The first-order valence-corrected chi connectivity index (χ1v) is 2.84. The molecule has 0 aromatic rings. The van der Waals surface area contributed by atoms with E-state index < -0.39 is 9.41 Å². The first-order chi connectivity index (χ1) is 2.81. The Morgan fingerprint density at radius 1 is 1.83 bits per heavy atom. The molecule has 0 rings (SSSR count). The van der Waals surface area contributed by atoms with Crippen LogP contribution in [-0.2, 0) is 9.26 Å². The van der Waals surface area contributed by atoms with Gasteiger partial charge in [0.2, 0.25) is 0 Å². The number of hydrogen-bond acceptors (Lipinski definition) is 2. The summed E-state index contributed by atoms with van der Waals surface area (Å²) < 4.78 is 9.59. The first-order valence-electron chi connectivity index (χ1n) is 1.79. The van der Waals surface area contributed by atoms with E-state index >= 15 is 0 Å². The molecule has 0 saturated carbocycles. The van der Waals surface area contributed by atoms with E-state index in [1.807, 2.05) is 0 Å². The van der Waals surface area contributed by atoms with Crippen LogP contribution in [0, 0.1) is 0 Å². The van der Waals surface area contributed by atoms with E-state index in [0.29, 0.717) is 6.42 Å². The molecule has 0 N–H and O–H groups in total. The molecular formula is C3H6O2Si. The van der Waals surface area contributed by atoms with E-state index in [1.165, 1.54) is 0 Å². The van der Waals surface area contributed by atoms with E-state index in [1.54, 1.807) is 6.92 Å². The van der Waals surface area contributed by atoms with Gasteiger partial charge in [-0.15, -0.1) is 0 Å². The summed E-state index contributed by atoms with van der Waals surface area (Å²) in [6, 6.07) is 0. The van der Waals surface area contributed by atoms with Gasteiger partial charge >= 0.3 is 9.41 Å². The van der Waals surface area contributed by atoms with Crippen LogP contribution in [0.3, 0.4) is 0 Å². The first kappa shape index (κ1) is 5.69. The summed E-state index contributed by atoms with van der Waals surface area (Å²) in [5.41, 5.74) is 0. The van der Waals surface area contributed by atoms with Gasteiger partial charge in [0.25, 0.3) is 0 Å². The highest BCUT2D eigenvalue weighted by molar-refractivity contribution is 6.62. The zero-order chi connectivity index (χ0) is 4.99. The van der Waals surface area contributed by atoms with Crippen molar-refractivity contribution in [2.24, 2.45) is 0 Å². The minimum atomic E-state index is -1.15. The second-order valence-corrected chi connectivity index (χ2v) is 1.82. The molecule has 0 saturated heterocycles. The molecule has 0 radical (unpaired) electrons. The molecule has 0 aliphatic carbocycles. The molecule has 0 aliphatic heterocycles. The van der Waals surface area contributed by atoms with Gasteiger partial charge in [-0.1, -0.05) is 6.92 Å². The van der Waals surface area contributed by atoms with Gasteiger partial charge in [-0.25, -0.2) is 0 Å². The topological polar surface area (TPSA) is 34.1 Å². The zero-order valence-electron chi connectivity index (χ0n) is 3.60.